The van der Waals surface area contributed by atoms with E-state index in [0.717, 1.165) is 51.0 Å². The van der Waals surface area contributed by atoms with E-state index in [4.69, 9.17) is 0 Å². The number of carboxylic acids is 1. The number of carbonyl (C=O) groups is 2. The van der Waals surface area contributed by atoms with Crippen LogP contribution in [0.25, 0.3) is 0 Å². The minimum Gasteiger partial charge on any atom is -0.480 e. The number of aliphatic carboxylic acids is 1. The van der Waals surface area contributed by atoms with E-state index in [1.165, 1.54) is 0 Å². The number of hydrogen-bond acceptors (Lipinski definition) is 4. The second-order valence-electron chi connectivity index (χ2n) is 7.65. The minimum atomic E-state index is -0.847. The van der Waals surface area contributed by atoms with Gasteiger partial charge in [0.1, 0.15) is 6.04 Å². The number of nitrogens with one attached hydrogen (secondary N) is 1. The van der Waals surface area contributed by atoms with Crippen molar-refractivity contribution in [3.63, 3.8) is 0 Å². The summed E-state index contributed by atoms with van der Waals surface area (Å²) in [7, 11) is 0. The summed E-state index contributed by atoms with van der Waals surface area (Å²) in [4.78, 5) is 35.3. The Morgan fingerprint density at radius 1 is 1.33 bits per heavy atom. The number of aromatic amines is 1. The van der Waals surface area contributed by atoms with Gasteiger partial charge >= 0.3 is 5.97 Å². The van der Waals surface area contributed by atoms with E-state index < -0.39 is 12.0 Å². The molecule has 0 aromatic carbocycles. The van der Waals surface area contributed by atoms with Crippen molar-refractivity contribution in [1.29, 1.82) is 0 Å². The van der Waals surface area contributed by atoms with Crippen molar-refractivity contribution < 1.29 is 14.7 Å². The summed E-state index contributed by atoms with van der Waals surface area (Å²) in [6, 6.07) is -0.628. The Morgan fingerprint density at radius 3 is 2.67 bits per heavy atom. The molecule has 24 heavy (non-hydrogen) atoms. The highest BCUT2D eigenvalue weighted by Crippen LogP contribution is 2.45. The second-order valence-corrected chi connectivity index (χ2v) is 7.65. The first kappa shape index (κ1) is 15.6. The normalized spacial score (nSPS) is 26.8. The van der Waals surface area contributed by atoms with Gasteiger partial charge in [-0.15, -0.1) is 0 Å². The molecule has 3 fully saturated rings. The fraction of sp³-hybridized carbons (Fsp3) is 0.706. The van der Waals surface area contributed by atoms with E-state index >= 15 is 0 Å². The van der Waals surface area contributed by atoms with Crippen LogP contribution in [0.2, 0.25) is 0 Å². The highest BCUT2D eigenvalue weighted by Gasteiger charge is 2.51. The molecule has 1 unspecified atom stereocenters. The van der Waals surface area contributed by atoms with Crippen molar-refractivity contribution in [2.75, 3.05) is 19.6 Å². The number of rotatable bonds is 4. The van der Waals surface area contributed by atoms with Gasteiger partial charge in [-0.2, -0.15) is 0 Å². The van der Waals surface area contributed by atoms with Gasteiger partial charge in [0.2, 0.25) is 5.91 Å². The fourth-order valence-corrected chi connectivity index (χ4v) is 4.23. The van der Waals surface area contributed by atoms with Crippen molar-refractivity contribution in [1.82, 2.24) is 19.8 Å². The molecule has 130 valence electrons. The number of amides is 1. The molecule has 1 atom stereocenters. The molecule has 7 nitrogen and oxygen atoms in total. The predicted octanol–water partition coefficient (Wildman–Crippen LogP) is 1.09. The van der Waals surface area contributed by atoms with Gasteiger partial charge in [-0.25, -0.2) is 9.78 Å². The van der Waals surface area contributed by atoms with Gasteiger partial charge in [0.05, 0.1) is 6.33 Å². The lowest BCUT2D eigenvalue weighted by atomic mass is 9.76. The number of piperidine rings is 1. The van der Waals surface area contributed by atoms with Crippen molar-refractivity contribution >= 4 is 11.9 Å². The molecule has 3 heterocycles. The molecule has 7 heteroatoms. The van der Waals surface area contributed by atoms with Crippen LogP contribution < -0.4 is 0 Å². The van der Waals surface area contributed by atoms with Gasteiger partial charge < -0.3 is 15.0 Å². The van der Waals surface area contributed by atoms with E-state index in [1.54, 1.807) is 11.2 Å². The predicted molar refractivity (Wildman–Crippen MR) is 86.0 cm³/mol. The third-order valence-corrected chi connectivity index (χ3v) is 5.87. The molecule has 1 aromatic heterocycles. The number of likely N-dealkylation sites (tertiary alicyclic amines) is 2. The minimum absolute atomic E-state index is 0.0158. The van der Waals surface area contributed by atoms with Crippen molar-refractivity contribution in [3.8, 4) is 0 Å². The lowest BCUT2D eigenvalue weighted by Gasteiger charge is -2.39. The Morgan fingerprint density at radius 2 is 2.08 bits per heavy atom. The quantitative estimate of drug-likeness (QED) is 0.861. The molecule has 1 amide bonds. The monoisotopic (exact) mass is 332 g/mol. The maximum atomic E-state index is 12.5. The summed E-state index contributed by atoms with van der Waals surface area (Å²) in [5.74, 6) is -0.692. The zero-order valence-electron chi connectivity index (χ0n) is 13.8. The van der Waals surface area contributed by atoms with E-state index in [-0.39, 0.29) is 17.2 Å². The number of carboxylic acid groups (broad SMARTS) is 1. The average Bonchev–Trinajstić information content (AvgIpc) is 3.17. The molecular weight excluding hydrogens is 308 g/mol. The van der Waals surface area contributed by atoms with E-state index in [9.17, 15) is 14.7 Å². The maximum Gasteiger partial charge on any atom is 0.326 e. The first-order chi connectivity index (χ1) is 11.6. The van der Waals surface area contributed by atoms with Crippen LogP contribution in [0.1, 0.15) is 37.8 Å². The van der Waals surface area contributed by atoms with Crippen LogP contribution in [0.15, 0.2) is 12.5 Å². The van der Waals surface area contributed by atoms with Crippen LogP contribution in [-0.2, 0) is 16.1 Å². The van der Waals surface area contributed by atoms with Gasteiger partial charge in [-0.1, -0.05) is 0 Å². The highest BCUT2D eigenvalue weighted by atomic mass is 16.4. The average molecular weight is 332 g/mol. The molecular formula is C17H24N4O3. The maximum absolute atomic E-state index is 12.5. The molecule has 1 aliphatic carbocycles. The highest BCUT2D eigenvalue weighted by molar-refractivity contribution is 5.87. The molecule has 2 saturated heterocycles. The van der Waals surface area contributed by atoms with E-state index in [1.807, 2.05) is 6.20 Å². The van der Waals surface area contributed by atoms with Gasteiger partial charge in [0.25, 0.3) is 0 Å². The smallest absolute Gasteiger partial charge is 0.326 e. The van der Waals surface area contributed by atoms with Gasteiger partial charge in [-0.3, -0.25) is 9.69 Å². The zero-order valence-corrected chi connectivity index (χ0v) is 13.8. The first-order valence-electron chi connectivity index (χ1n) is 8.79. The van der Waals surface area contributed by atoms with Crippen LogP contribution in [0.4, 0.5) is 0 Å². The number of imidazole rings is 1. The molecule has 1 spiro atoms. The Hall–Kier alpha value is -1.89. The molecule has 0 radical (unpaired) electrons. The van der Waals surface area contributed by atoms with Gasteiger partial charge in [0.15, 0.2) is 0 Å². The van der Waals surface area contributed by atoms with Crippen molar-refractivity contribution in [2.24, 2.45) is 11.3 Å². The fourth-order valence-electron chi connectivity index (χ4n) is 4.23. The molecule has 2 aliphatic heterocycles. The van der Waals surface area contributed by atoms with Crippen LogP contribution in [0.5, 0.6) is 0 Å². The van der Waals surface area contributed by atoms with Crippen LogP contribution in [0.3, 0.4) is 0 Å². The van der Waals surface area contributed by atoms with Crippen LogP contribution in [-0.4, -0.2) is 62.4 Å². The molecule has 1 aromatic rings. The Labute approximate surface area is 141 Å². The molecule has 4 rings (SSSR count). The SMILES string of the molecule is O=C(O)C1CC2(CCN(Cc3cnc[nH]3)CC2)CN1C(=O)C1CC1. The summed E-state index contributed by atoms with van der Waals surface area (Å²) < 4.78 is 0. The standard InChI is InChI=1S/C17H24N4O3/c22-15(12-1-2-12)21-10-17(7-14(21)16(23)24)3-5-20(6-4-17)9-13-8-18-11-19-13/h8,11-12,14H,1-7,9-10H2,(H,18,19)(H,23,24). The molecule has 1 saturated carbocycles. The van der Waals surface area contributed by atoms with Crippen molar-refractivity contribution in [2.45, 2.75) is 44.7 Å². The third-order valence-electron chi connectivity index (χ3n) is 5.87. The summed E-state index contributed by atoms with van der Waals surface area (Å²) in [6.07, 6.45) is 7.91. The zero-order chi connectivity index (χ0) is 16.7. The summed E-state index contributed by atoms with van der Waals surface area (Å²) in [5, 5.41) is 9.56. The van der Waals surface area contributed by atoms with Crippen LogP contribution >= 0.6 is 0 Å². The first-order valence-corrected chi connectivity index (χ1v) is 8.79. The lowest BCUT2D eigenvalue weighted by Crippen LogP contribution is -2.43. The summed E-state index contributed by atoms with van der Waals surface area (Å²) >= 11 is 0. The Bertz CT molecular complexity index is 618. The number of aromatic nitrogens is 2. The Balaban J connectivity index is 1.41. The number of H-pyrrole nitrogens is 1. The van der Waals surface area contributed by atoms with E-state index in [0.29, 0.717) is 13.0 Å². The largest absolute Gasteiger partial charge is 0.480 e. The lowest BCUT2D eigenvalue weighted by molar-refractivity contribution is -0.148. The molecule has 3 aliphatic rings. The molecule has 2 N–H and O–H groups in total. The van der Waals surface area contributed by atoms with E-state index in [2.05, 4.69) is 14.9 Å². The second kappa shape index (κ2) is 5.88. The third kappa shape index (κ3) is 2.92. The van der Waals surface area contributed by atoms with Gasteiger partial charge in [0, 0.05) is 30.9 Å². The summed E-state index contributed by atoms with van der Waals surface area (Å²) in [5.41, 5.74) is 1.09. The Kier molecular flexibility index (Phi) is 3.83. The summed E-state index contributed by atoms with van der Waals surface area (Å²) in [6.45, 7) is 3.36. The molecule has 0 bridgehead atoms. The van der Waals surface area contributed by atoms with Gasteiger partial charge in [-0.05, 0) is 50.6 Å². The van der Waals surface area contributed by atoms with Crippen LogP contribution in [0, 0.1) is 11.3 Å². The van der Waals surface area contributed by atoms with Crippen molar-refractivity contribution in [3.05, 3.63) is 18.2 Å². The number of nitrogens with zero attached hydrogens (tertiary/aromatic N) is 3. The number of carbonyl (C=O) groups excluding carboxylic acids is 1. The topological polar surface area (TPSA) is 89.5 Å². The number of hydrogen-bond donors (Lipinski definition) is 2.